The molecule has 1 aliphatic heterocycles. The molecule has 2 heterocycles. The van der Waals surface area contributed by atoms with Crippen molar-refractivity contribution in [1.29, 1.82) is 0 Å². The highest BCUT2D eigenvalue weighted by atomic mass is 32.1. The molecule has 0 unspecified atom stereocenters. The molecule has 0 radical (unpaired) electrons. The minimum absolute atomic E-state index is 0.150. The van der Waals surface area contributed by atoms with Crippen LogP contribution in [0.5, 0.6) is 0 Å². The van der Waals surface area contributed by atoms with Crippen LogP contribution >= 0.6 is 12.2 Å². The summed E-state index contributed by atoms with van der Waals surface area (Å²) in [5.74, 6) is 1.44. The predicted molar refractivity (Wildman–Crippen MR) is 104 cm³/mol. The van der Waals surface area contributed by atoms with Gasteiger partial charge in [-0.1, -0.05) is 17.7 Å². The Kier molecular flexibility index (Phi) is 4.47. The highest BCUT2D eigenvalue weighted by Crippen LogP contribution is 2.38. The number of likely N-dealkylation sites (tertiary alicyclic amines) is 1. The fourth-order valence-corrected chi connectivity index (χ4v) is 4.63. The summed E-state index contributed by atoms with van der Waals surface area (Å²) in [7, 11) is 0. The molecular weight excluding hydrogens is 344 g/mol. The molecule has 1 saturated heterocycles. The van der Waals surface area contributed by atoms with E-state index in [1.54, 1.807) is 0 Å². The predicted octanol–water partition coefficient (Wildman–Crippen LogP) is 4.22. The molecular formula is C20H26N4OS. The van der Waals surface area contributed by atoms with Gasteiger partial charge in [-0.2, -0.15) is 5.10 Å². The zero-order chi connectivity index (χ0) is 18.4. The number of aryl methyl sites for hydroxylation is 3. The maximum absolute atomic E-state index is 13.2. The molecule has 4 rings (SSSR count). The SMILES string of the molecule is Cc1cc(C)c(C(=O)N2CCC[C@@H](c3n[nH]c(=S)n3C3CC3)C2)c(C)c1. The maximum Gasteiger partial charge on any atom is 0.254 e. The third-order valence-corrected chi connectivity index (χ3v) is 5.90. The number of hydrogen-bond donors (Lipinski definition) is 1. The van der Waals surface area contributed by atoms with Gasteiger partial charge in [-0.05, 0) is 69.8 Å². The first-order valence-corrected chi connectivity index (χ1v) is 9.90. The lowest BCUT2D eigenvalue weighted by molar-refractivity contribution is 0.0701. The van der Waals surface area contributed by atoms with Crippen LogP contribution in [0.3, 0.4) is 0 Å². The summed E-state index contributed by atoms with van der Waals surface area (Å²) in [6, 6.07) is 4.70. The molecule has 1 atom stereocenters. The van der Waals surface area contributed by atoms with Gasteiger partial charge in [0.1, 0.15) is 5.82 Å². The van der Waals surface area contributed by atoms with E-state index in [1.165, 1.54) is 18.4 Å². The molecule has 1 aliphatic carbocycles. The summed E-state index contributed by atoms with van der Waals surface area (Å²) in [4.78, 5) is 15.2. The van der Waals surface area contributed by atoms with E-state index in [9.17, 15) is 4.79 Å². The van der Waals surface area contributed by atoms with Crippen LogP contribution in [0.15, 0.2) is 12.1 Å². The molecule has 1 amide bonds. The molecule has 0 bridgehead atoms. The van der Waals surface area contributed by atoms with Crippen molar-refractivity contribution >= 4 is 18.1 Å². The smallest absolute Gasteiger partial charge is 0.254 e. The number of carbonyl (C=O) groups is 1. The topological polar surface area (TPSA) is 53.9 Å². The first-order valence-electron chi connectivity index (χ1n) is 9.49. The Labute approximate surface area is 159 Å². The number of rotatable bonds is 3. The van der Waals surface area contributed by atoms with Crippen molar-refractivity contribution in [2.75, 3.05) is 13.1 Å². The number of aromatic nitrogens is 3. The van der Waals surface area contributed by atoms with Gasteiger partial charge in [-0.25, -0.2) is 0 Å². The number of nitrogens with one attached hydrogen (secondary N) is 1. The van der Waals surface area contributed by atoms with Crippen LogP contribution in [-0.2, 0) is 0 Å². The average molecular weight is 371 g/mol. The maximum atomic E-state index is 13.2. The van der Waals surface area contributed by atoms with Crippen LogP contribution in [0.2, 0.25) is 0 Å². The van der Waals surface area contributed by atoms with Gasteiger partial charge in [-0.3, -0.25) is 9.89 Å². The van der Waals surface area contributed by atoms with Crippen LogP contribution in [-0.4, -0.2) is 38.7 Å². The molecule has 5 nitrogen and oxygen atoms in total. The summed E-state index contributed by atoms with van der Waals surface area (Å²) in [5.41, 5.74) is 4.19. The van der Waals surface area contributed by atoms with E-state index in [0.29, 0.717) is 6.04 Å². The Morgan fingerprint density at radius 3 is 2.54 bits per heavy atom. The van der Waals surface area contributed by atoms with Crippen molar-refractivity contribution in [2.45, 2.75) is 58.4 Å². The van der Waals surface area contributed by atoms with Crippen molar-refractivity contribution in [3.8, 4) is 0 Å². The van der Waals surface area contributed by atoms with Crippen molar-refractivity contribution in [3.05, 3.63) is 45.0 Å². The highest BCUT2D eigenvalue weighted by molar-refractivity contribution is 7.71. The highest BCUT2D eigenvalue weighted by Gasteiger charge is 2.33. The van der Waals surface area contributed by atoms with Crippen LogP contribution in [0.4, 0.5) is 0 Å². The third kappa shape index (κ3) is 3.11. The van der Waals surface area contributed by atoms with E-state index in [1.807, 2.05) is 18.7 Å². The molecule has 0 spiro atoms. The first-order chi connectivity index (χ1) is 12.5. The fourth-order valence-electron chi connectivity index (χ4n) is 4.34. The van der Waals surface area contributed by atoms with E-state index in [-0.39, 0.29) is 11.8 Å². The number of amides is 1. The second-order valence-electron chi connectivity index (χ2n) is 7.85. The van der Waals surface area contributed by atoms with Gasteiger partial charge >= 0.3 is 0 Å². The molecule has 1 aromatic heterocycles. The number of aromatic amines is 1. The second-order valence-corrected chi connectivity index (χ2v) is 8.24. The van der Waals surface area contributed by atoms with Gasteiger partial charge in [-0.15, -0.1) is 0 Å². The van der Waals surface area contributed by atoms with Crippen molar-refractivity contribution < 1.29 is 4.79 Å². The molecule has 26 heavy (non-hydrogen) atoms. The molecule has 2 aliphatic rings. The standard InChI is InChI=1S/C20H26N4OS/c1-12-9-13(2)17(14(3)10-12)19(25)23-8-4-5-15(11-23)18-21-22-20(26)24(18)16-6-7-16/h9-10,15-16H,4-8,11H2,1-3H3,(H,22,26)/t15-/m1/s1. The van der Waals surface area contributed by atoms with E-state index in [2.05, 4.69) is 33.8 Å². The van der Waals surface area contributed by atoms with Crippen LogP contribution in [0.25, 0.3) is 0 Å². The number of H-pyrrole nitrogens is 1. The number of hydrogen-bond acceptors (Lipinski definition) is 3. The summed E-state index contributed by atoms with van der Waals surface area (Å²) < 4.78 is 2.91. The lowest BCUT2D eigenvalue weighted by Crippen LogP contribution is -2.40. The molecule has 1 aromatic carbocycles. The number of carbonyl (C=O) groups excluding carboxylic acids is 1. The summed E-state index contributed by atoms with van der Waals surface area (Å²) in [5, 5.41) is 7.49. The Morgan fingerprint density at radius 2 is 1.88 bits per heavy atom. The lowest BCUT2D eigenvalue weighted by atomic mass is 9.94. The van der Waals surface area contributed by atoms with Gasteiger partial charge in [0.25, 0.3) is 5.91 Å². The Morgan fingerprint density at radius 1 is 1.19 bits per heavy atom. The average Bonchev–Trinajstić information content (AvgIpc) is 3.36. The third-order valence-electron chi connectivity index (χ3n) is 5.61. The Bertz CT molecular complexity index is 886. The zero-order valence-electron chi connectivity index (χ0n) is 15.7. The molecule has 138 valence electrons. The van der Waals surface area contributed by atoms with Crippen LogP contribution < -0.4 is 0 Å². The summed E-state index contributed by atoms with van der Waals surface area (Å²) in [6.07, 6.45) is 4.42. The number of nitrogens with zero attached hydrogens (tertiary/aromatic N) is 3. The monoisotopic (exact) mass is 370 g/mol. The Hall–Kier alpha value is -1.95. The van der Waals surface area contributed by atoms with Gasteiger partial charge in [0.05, 0.1) is 0 Å². The van der Waals surface area contributed by atoms with E-state index >= 15 is 0 Å². The van der Waals surface area contributed by atoms with Gasteiger partial charge in [0.15, 0.2) is 4.77 Å². The van der Waals surface area contributed by atoms with E-state index in [0.717, 1.165) is 53.2 Å². The lowest BCUT2D eigenvalue weighted by Gasteiger charge is -2.33. The molecule has 6 heteroatoms. The Balaban J connectivity index is 1.60. The molecule has 2 fully saturated rings. The van der Waals surface area contributed by atoms with Gasteiger partial charge < -0.3 is 9.47 Å². The summed E-state index contributed by atoms with van der Waals surface area (Å²) in [6.45, 7) is 7.68. The summed E-state index contributed by atoms with van der Waals surface area (Å²) >= 11 is 5.43. The zero-order valence-corrected chi connectivity index (χ0v) is 16.5. The quantitative estimate of drug-likeness (QED) is 0.823. The van der Waals surface area contributed by atoms with Gasteiger partial charge in [0.2, 0.25) is 0 Å². The fraction of sp³-hybridized carbons (Fsp3) is 0.550. The van der Waals surface area contributed by atoms with Crippen molar-refractivity contribution in [2.24, 2.45) is 0 Å². The largest absolute Gasteiger partial charge is 0.338 e. The molecule has 1 N–H and O–H groups in total. The van der Waals surface area contributed by atoms with E-state index < -0.39 is 0 Å². The molecule has 1 saturated carbocycles. The first kappa shape index (κ1) is 17.5. The number of piperidine rings is 1. The van der Waals surface area contributed by atoms with Crippen LogP contribution in [0.1, 0.15) is 70.5 Å². The minimum Gasteiger partial charge on any atom is -0.338 e. The normalized spacial score (nSPS) is 20.4. The van der Waals surface area contributed by atoms with Crippen molar-refractivity contribution in [3.63, 3.8) is 0 Å². The second kappa shape index (κ2) is 6.65. The van der Waals surface area contributed by atoms with Crippen molar-refractivity contribution in [1.82, 2.24) is 19.7 Å². The van der Waals surface area contributed by atoms with E-state index in [4.69, 9.17) is 12.2 Å². The number of benzene rings is 1. The molecule has 2 aromatic rings. The van der Waals surface area contributed by atoms with Gasteiger partial charge in [0, 0.05) is 30.6 Å². The minimum atomic E-state index is 0.150. The van der Waals surface area contributed by atoms with Crippen LogP contribution in [0, 0.1) is 25.5 Å².